The minimum Gasteiger partial charge on any atom is -0.390 e. The Morgan fingerprint density at radius 2 is 2.05 bits per heavy atom. The van der Waals surface area contributed by atoms with Crippen LogP contribution in [0.3, 0.4) is 0 Å². The predicted octanol–water partition coefficient (Wildman–Crippen LogP) is 2.05. The number of nitrogens with one attached hydrogen (secondary N) is 1. The first-order chi connectivity index (χ1) is 10.6. The maximum atomic E-state index is 12.6. The van der Waals surface area contributed by atoms with Gasteiger partial charge in [-0.1, -0.05) is 30.3 Å². The van der Waals surface area contributed by atoms with Gasteiger partial charge in [0.05, 0.1) is 12.2 Å². The standard InChI is InChI=1S/C18H25NO3/c1-22-16-11-14(7-8-15(16)20)17(21)19-18(9-10-18)12-13-5-3-2-4-6-13/h2-6,14-16,20H,7-12H2,1H3,(H,19,21)/t14-,15+,16-/m1/s1. The van der Waals surface area contributed by atoms with Gasteiger partial charge in [-0.2, -0.15) is 0 Å². The van der Waals surface area contributed by atoms with E-state index in [9.17, 15) is 9.90 Å². The highest BCUT2D eigenvalue weighted by Crippen LogP contribution is 2.39. The van der Waals surface area contributed by atoms with E-state index < -0.39 is 6.10 Å². The molecule has 0 saturated heterocycles. The van der Waals surface area contributed by atoms with Gasteiger partial charge in [0.1, 0.15) is 0 Å². The Morgan fingerprint density at radius 1 is 1.32 bits per heavy atom. The summed E-state index contributed by atoms with van der Waals surface area (Å²) in [5, 5.41) is 13.1. The Bertz CT molecular complexity index is 512. The van der Waals surface area contributed by atoms with Crippen LogP contribution in [0.5, 0.6) is 0 Å². The Labute approximate surface area is 131 Å². The Hall–Kier alpha value is -1.39. The van der Waals surface area contributed by atoms with Crippen molar-refractivity contribution in [3.63, 3.8) is 0 Å². The van der Waals surface area contributed by atoms with E-state index in [2.05, 4.69) is 17.4 Å². The number of hydrogen-bond acceptors (Lipinski definition) is 3. The monoisotopic (exact) mass is 303 g/mol. The molecule has 4 heteroatoms. The van der Waals surface area contributed by atoms with Crippen molar-refractivity contribution in [3.05, 3.63) is 35.9 Å². The summed E-state index contributed by atoms with van der Waals surface area (Å²) in [7, 11) is 1.60. The number of benzene rings is 1. The van der Waals surface area contributed by atoms with Crippen LogP contribution in [0.2, 0.25) is 0 Å². The number of hydrogen-bond donors (Lipinski definition) is 2. The maximum absolute atomic E-state index is 12.6. The lowest BCUT2D eigenvalue weighted by molar-refractivity contribution is -0.131. The van der Waals surface area contributed by atoms with Crippen LogP contribution in [-0.2, 0) is 16.0 Å². The summed E-state index contributed by atoms with van der Waals surface area (Å²) in [5.74, 6) is 0.0870. The quantitative estimate of drug-likeness (QED) is 0.875. The van der Waals surface area contributed by atoms with E-state index in [-0.39, 0.29) is 23.5 Å². The molecule has 1 aromatic rings. The van der Waals surface area contributed by atoms with E-state index in [4.69, 9.17) is 4.74 Å². The number of methoxy groups -OCH3 is 1. The van der Waals surface area contributed by atoms with Crippen molar-refractivity contribution in [3.8, 4) is 0 Å². The third-order valence-corrected chi connectivity index (χ3v) is 5.06. The molecule has 1 amide bonds. The predicted molar refractivity (Wildman–Crippen MR) is 84.4 cm³/mol. The maximum Gasteiger partial charge on any atom is 0.223 e. The van der Waals surface area contributed by atoms with E-state index in [1.165, 1.54) is 5.56 Å². The lowest BCUT2D eigenvalue weighted by Crippen LogP contribution is -2.46. The Morgan fingerprint density at radius 3 is 2.68 bits per heavy atom. The number of carbonyl (C=O) groups excluding carboxylic acids is 1. The van der Waals surface area contributed by atoms with Gasteiger partial charge in [-0.3, -0.25) is 4.79 Å². The zero-order chi connectivity index (χ0) is 15.6. The largest absolute Gasteiger partial charge is 0.390 e. The smallest absolute Gasteiger partial charge is 0.223 e. The van der Waals surface area contributed by atoms with Crippen LogP contribution in [0.1, 0.15) is 37.7 Å². The van der Waals surface area contributed by atoms with Gasteiger partial charge in [0.15, 0.2) is 0 Å². The molecule has 2 N–H and O–H groups in total. The molecule has 120 valence electrons. The van der Waals surface area contributed by atoms with Gasteiger partial charge in [0, 0.05) is 18.6 Å². The van der Waals surface area contributed by atoms with Crippen molar-refractivity contribution < 1.29 is 14.6 Å². The molecule has 4 nitrogen and oxygen atoms in total. The lowest BCUT2D eigenvalue weighted by atomic mass is 9.84. The normalized spacial score (nSPS) is 29.8. The van der Waals surface area contributed by atoms with E-state index >= 15 is 0 Å². The second-order valence-corrected chi connectivity index (χ2v) is 6.78. The van der Waals surface area contributed by atoms with Crippen molar-refractivity contribution in [2.24, 2.45) is 5.92 Å². The SMILES string of the molecule is CO[C@@H]1C[C@H](C(=O)NC2(Cc3ccccc3)CC2)CC[C@@H]1O. The molecule has 0 bridgehead atoms. The average molecular weight is 303 g/mol. The van der Waals surface area contributed by atoms with Gasteiger partial charge in [-0.15, -0.1) is 0 Å². The van der Waals surface area contributed by atoms with Gasteiger partial charge in [0.2, 0.25) is 5.91 Å². The lowest BCUT2D eigenvalue weighted by Gasteiger charge is -2.32. The van der Waals surface area contributed by atoms with Crippen LogP contribution in [-0.4, -0.2) is 35.9 Å². The van der Waals surface area contributed by atoms with Crippen molar-refractivity contribution in [1.82, 2.24) is 5.32 Å². The first-order valence-electron chi connectivity index (χ1n) is 8.19. The van der Waals surface area contributed by atoms with Crippen LogP contribution < -0.4 is 5.32 Å². The molecule has 2 aliphatic rings. The molecule has 2 saturated carbocycles. The van der Waals surface area contributed by atoms with Gasteiger partial charge >= 0.3 is 0 Å². The van der Waals surface area contributed by atoms with E-state index in [0.29, 0.717) is 12.8 Å². The summed E-state index contributed by atoms with van der Waals surface area (Å²) in [5.41, 5.74) is 1.23. The summed E-state index contributed by atoms with van der Waals surface area (Å²) in [6.07, 6.45) is 4.36. The van der Waals surface area contributed by atoms with Crippen molar-refractivity contribution in [1.29, 1.82) is 0 Å². The van der Waals surface area contributed by atoms with Crippen molar-refractivity contribution in [2.75, 3.05) is 7.11 Å². The average Bonchev–Trinajstić information content (AvgIpc) is 3.27. The molecule has 3 rings (SSSR count). The topological polar surface area (TPSA) is 58.6 Å². The molecule has 22 heavy (non-hydrogen) atoms. The van der Waals surface area contributed by atoms with Crippen LogP contribution in [0.15, 0.2) is 30.3 Å². The molecule has 2 fully saturated rings. The molecular formula is C18H25NO3. The van der Waals surface area contributed by atoms with E-state index in [1.54, 1.807) is 7.11 Å². The van der Waals surface area contributed by atoms with Crippen LogP contribution in [0, 0.1) is 5.92 Å². The zero-order valence-electron chi connectivity index (χ0n) is 13.1. The van der Waals surface area contributed by atoms with Crippen molar-refractivity contribution in [2.45, 2.75) is 56.3 Å². The summed E-state index contributed by atoms with van der Waals surface area (Å²) in [4.78, 5) is 12.6. The number of amides is 1. The molecular weight excluding hydrogens is 278 g/mol. The molecule has 0 radical (unpaired) electrons. The molecule has 0 aromatic heterocycles. The van der Waals surface area contributed by atoms with Crippen LogP contribution in [0.4, 0.5) is 0 Å². The molecule has 1 aromatic carbocycles. The highest BCUT2D eigenvalue weighted by atomic mass is 16.5. The fourth-order valence-corrected chi connectivity index (χ4v) is 3.45. The summed E-state index contributed by atoms with van der Waals surface area (Å²) in [6.45, 7) is 0. The van der Waals surface area contributed by atoms with Crippen molar-refractivity contribution >= 4 is 5.91 Å². The first kappa shape index (κ1) is 15.5. The summed E-state index contributed by atoms with van der Waals surface area (Å²) in [6, 6.07) is 10.3. The highest BCUT2D eigenvalue weighted by Gasteiger charge is 2.45. The fraction of sp³-hybridized carbons (Fsp3) is 0.611. The van der Waals surface area contributed by atoms with E-state index in [1.807, 2.05) is 18.2 Å². The third-order valence-electron chi connectivity index (χ3n) is 5.06. The highest BCUT2D eigenvalue weighted by molar-refractivity contribution is 5.80. The van der Waals surface area contributed by atoms with E-state index in [0.717, 1.165) is 25.7 Å². The minimum atomic E-state index is -0.437. The minimum absolute atomic E-state index is 0.0402. The number of carbonyl (C=O) groups is 1. The Kier molecular flexibility index (Phi) is 4.50. The van der Waals surface area contributed by atoms with Crippen LogP contribution >= 0.6 is 0 Å². The van der Waals surface area contributed by atoms with Gasteiger partial charge in [0.25, 0.3) is 0 Å². The number of ether oxygens (including phenoxy) is 1. The second kappa shape index (κ2) is 6.39. The molecule has 2 aliphatic carbocycles. The van der Waals surface area contributed by atoms with Crippen LogP contribution in [0.25, 0.3) is 0 Å². The summed E-state index contributed by atoms with van der Waals surface area (Å²) >= 11 is 0. The molecule has 0 heterocycles. The van der Waals surface area contributed by atoms with Gasteiger partial charge in [-0.25, -0.2) is 0 Å². The molecule has 0 aliphatic heterocycles. The Balaban J connectivity index is 1.57. The second-order valence-electron chi connectivity index (χ2n) is 6.78. The summed E-state index contributed by atoms with van der Waals surface area (Å²) < 4.78 is 5.30. The molecule has 3 atom stereocenters. The molecule has 0 unspecified atom stereocenters. The number of rotatable bonds is 5. The van der Waals surface area contributed by atoms with Gasteiger partial charge < -0.3 is 15.2 Å². The third kappa shape index (κ3) is 3.50. The fourth-order valence-electron chi connectivity index (χ4n) is 3.45. The molecule has 0 spiro atoms. The van der Waals surface area contributed by atoms with Gasteiger partial charge in [-0.05, 0) is 44.1 Å². The number of aliphatic hydroxyl groups is 1. The zero-order valence-corrected chi connectivity index (χ0v) is 13.1. The number of aliphatic hydroxyl groups excluding tert-OH is 1. The first-order valence-corrected chi connectivity index (χ1v) is 8.19.